The molecule has 1 heterocycles. The van der Waals surface area contributed by atoms with Gasteiger partial charge in [0.05, 0.1) is 24.0 Å². The Kier molecular flexibility index (Phi) is 3.92. The first kappa shape index (κ1) is 14.0. The van der Waals surface area contributed by atoms with Crippen LogP contribution in [0.1, 0.15) is 30.9 Å². The monoisotopic (exact) mass is 261 g/mol. The first-order chi connectivity index (χ1) is 8.93. The molecule has 4 nitrogen and oxygen atoms in total. The largest absolute Gasteiger partial charge is 0.394 e. The molecule has 0 aliphatic heterocycles. The number of aromatic nitrogens is 2. The van der Waals surface area contributed by atoms with Crippen molar-refractivity contribution in [2.45, 2.75) is 45.7 Å². The SMILES string of the molecule is Cc1cc2ncn(CCCC(C)(N)CO)c2cc1C. The summed E-state index contributed by atoms with van der Waals surface area (Å²) in [5, 5.41) is 9.15. The second-order valence-electron chi connectivity index (χ2n) is 5.78. The van der Waals surface area contributed by atoms with Gasteiger partial charge in [-0.2, -0.15) is 0 Å². The maximum atomic E-state index is 9.15. The van der Waals surface area contributed by atoms with Gasteiger partial charge in [0.1, 0.15) is 0 Å². The van der Waals surface area contributed by atoms with Crippen molar-refractivity contribution in [2.24, 2.45) is 5.73 Å². The van der Waals surface area contributed by atoms with Crippen molar-refractivity contribution in [1.82, 2.24) is 9.55 Å². The molecule has 19 heavy (non-hydrogen) atoms. The van der Waals surface area contributed by atoms with E-state index < -0.39 is 5.54 Å². The molecule has 2 aromatic rings. The van der Waals surface area contributed by atoms with Crippen molar-refractivity contribution < 1.29 is 5.11 Å². The van der Waals surface area contributed by atoms with Crippen LogP contribution >= 0.6 is 0 Å². The van der Waals surface area contributed by atoms with Crippen LogP contribution in [0.2, 0.25) is 0 Å². The lowest BCUT2D eigenvalue weighted by Gasteiger charge is -2.21. The summed E-state index contributed by atoms with van der Waals surface area (Å²) < 4.78 is 2.16. The number of rotatable bonds is 5. The summed E-state index contributed by atoms with van der Waals surface area (Å²) in [6, 6.07) is 4.31. The van der Waals surface area contributed by atoms with Crippen LogP contribution in [0.15, 0.2) is 18.5 Å². The molecular weight excluding hydrogens is 238 g/mol. The average Bonchev–Trinajstić information content (AvgIpc) is 2.73. The molecule has 0 bridgehead atoms. The Morgan fingerprint density at radius 3 is 2.68 bits per heavy atom. The molecule has 0 fully saturated rings. The lowest BCUT2D eigenvalue weighted by molar-refractivity contribution is 0.196. The summed E-state index contributed by atoms with van der Waals surface area (Å²) in [4.78, 5) is 4.44. The van der Waals surface area contributed by atoms with Gasteiger partial charge in [-0.05, 0) is 56.9 Å². The van der Waals surface area contributed by atoms with E-state index >= 15 is 0 Å². The predicted molar refractivity (Wildman–Crippen MR) is 78.1 cm³/mol. The van der Waals surface area contributed by atoms with Crippen molar-refractivity contribution in [3.63, 3.8) is 0 Å². The quantitative estimate of drug-likeness (QED) is 0.866. The van der Waals surface area contributed by atoms with Gasteiger partial charge in [0, 0.05) is 12.1 Å². The normalized spacial score (nSPS) is 14.8. The third-order valence-electron chi connectivity index (χ3n) is 3.74. The molecule has 0 saturated heterocycles. The predicted octanol–water partition coefficient (Wildman–Crippen LogP) is 2.14. The summed E-state index contributed by atoms with van der Waals surface area (Å²) in [6.07, 6.45) is 3.62. The second-order valence-corrected chi connectivity index (χ2v) is 5.78. The van der Waals surface area contributed by atoms with Gasteiger partial charge in [0.25, 0.3) is 0 Å². The molecule has 1 atom stereocenters. The summed E-state index contributed by atoms with van der Waals surface area (Å²) in [6.45, 7) is 7.01. The Balaban J connectivity index is 2.11. The standard InChI is InChI=1S/C15H23N3O/c1-11-7-13-14(8-12(11)2)18(10-17-13)6-4-5-15(3,16)9-19/h7-8,10,19H,4-6,9,16H2,1-3H3. The van der Waals surface area contributed by atoms with Gasteiger partial charge in [-0.1, -0.05) is 0 Å². The van der Waals surface area contributed by atoms with E-state index in [0.717, 1.165) is 24.9 Å². The molecule has 0 radical (unpaired) electrons. The highest BCUT2D eigenvalue weighted by molar-refractivity contribution is 5.77. The van der Waals surface area contributed by atoms with E-state index in [4.69, 9.17) is 10.8 Å². The average molecular weight is 261 g/mol. The van der Waals surface area contributed by atoms with E-state index in [0.29, 0.717) is 0 Å². The Morgan fingerprint density at radius 2 is 2.00 bits per heavy atom. The van der Waals surface area contributed by atoms with E-state index in [-0.39, 0.29) is 6.61 Å². The zero-order chi connectivity index (χ0) is 14.0. The zero-order valence-corrected chi connectivity index (χ0v) is 12.0. The molecule has 0 saturated carbocycles. The Hall–Kier alpha value is -1.39. The molecule has 1 aromatic carbocycles. The Bertz CT molecular complexity index is 572. The Labute approximate surface area is 114 Å². The van der Waals surface area contributed by atoms with Gasteiger partial charge >= 0.3 is 0 Å². The van der Waals surface area contributed by atoms with Crippen molar-refractivity contribution in [2.75, 3.05) is 6.61 Å². The van der Waals surface area contributed by atoms with E-state index in [9.17, 15) is 0 Å². The first-order valence-corrected chi connectivity index (χ1v) is 6.75. The highest BCUT2D eigenvalue weighted by Gasteiger charge is 2.16. The van der Waals surface area contributed by atoms with Crippen LogP contribution in [0.5, 0.6) is 0 Å². The number of aryl methyl sites for hydroxylation is 3. The van der Waals surface area contributed by atoms with E-state index in [2.05, 4.69) is 35.5 Å². The Morgan fingerprint density at radius 1 is 1.32 bits per heavy atom. The molecule has 0 amide bonds. The topological polar surface area (TPSA) is 64.1 Å². The van der Waals surface area contributed by atoms with Gasteiger partial charge in [-0.25, -0.2) is 4.98 Å². The maximum Gasteiger partial charge on any atom is 0.0958 e. The number of aliphatic hydroxyl groups is 1. The third-order valence-corrected chi connectivity index (χ3v) is 3.74. The second kappa shape index (κ2) is 5.31. The minimum Gasteiger partial charge on any atom is -0.394 e. The number of imidazole rings is 1. The molecule has 3 N–H and O–H groups in total. The molecule has 4 heteroatoms. The van der Waals surface area contributed by atoms with Crippen molar-refractivity contribution in [3.05, 3.63) is 29.6 Å². The minimum absolute atomic E-state index is 0.0238. The fraction of sp³-hybridized carbons (Fsp3) is 0.533. The summed E-state index contributed by atoms with van der Waals surface area (Å²) >= 11 is 0. The van der Waals surface area contributed by atoms with Crippen molar-refractivity contribution in [3.8, 4) is 0 Å². The van der Waals surface area contributed by atoms with E-state index in [1.54, 1.807) is 0 Å². The number of aliphatic hydroxyl groups excluding tert-OH is 1. The molecule has 0 aliphatic rings. The fourth-order valence-electron chi connectivity index (χ4n) is 2.22. The van der Waals surface area contributed by atoms with Gasteiger partial charge in [-0.3, -0.25) is 0 Å². The highest BCUT2D eigenvalue weighted by atomic mass is 16.3. The summed E-state index contributed by atoms with van der Waals surface area (Å²) in [5.74, 6) is 0. The van der Waals surface area contributed by atoms with Crippen LogP contribution in [0.4, 0.5) is 0 Å². The number of hydrogen-bond acceptors (Lipinski definition) is 3. The third kappa shape index (κ3) is 3.14. The van der Waals surface area contributed by atoms with Crippen LogP contribution in [0.25, 0.3) is 11.0 Å². The fourth-order valence-corrected chi connectivity index (χ4v) is 2.22. The van der Waals surface area contributed by atoms with E-state index in [1.807, 2.05) is 13.3 Å². The smallest absolute Gasteiger partial charge is 0.0958 e. The van der Waals surface area contributed by atoms with Gasteiger partial charge in [-0.15, -0.1) is 0 Å². The highest BCUT2D eigenvalue weighted by Crippen LogP contribution is 2.19. The van der Waals surface area contributed by atoms with Crippen molar-refractivity contribution >= 4 is 11.0 Å². The van der Waals surface area contributed by atoms with Crippen molar-refractivity contribution in [1.29, 1.82) is 0 Å². The molecular formula is C15H23N3O. The van der Waals surface area contributed by atoms with Crippen LogP contribution in [0, 0.1) is 13.8 Å². The summed E-state index contributed by atoms with van der Waals surface area (Å²) in [5.41, 5.74) is 10.2. The number of nitrogens with zero attached hydrogens (tertiary/aromatic N) is 2. The molecule has 0 aliphatic carbocycles. The number of benzene rings is 1. The van der Waals surface area contributed by atoms with Crippen LogP contribution in [-0.4, -0.2) is 26.8 Å². The lowest BCUT2D eigenvalue weighted by atomic mass is 9.98. The number of nitrogens with two attached hydrogens (primary N) is 1. The van der Waals surface area contributed by atoms with Crippen LogP contribution in [0.3, 0.4) is 0 Å². The first-order valence-electron chi connectivity index (χ1n) is 6.75. The molecule has 1 unspecified atom stereocenters. The minimum atomic E-state index is -0.483. The number of hydrogen-bond donors (Lipinski definition) is 2. The van der Waals surface area contributed by atoms with Gasteiger partial charge < -0.3 is 15.4 Å². The van der Waals surface area contributed by atoms with Gasteiger partial charge in [0.15, 0.2) is 0 Å². The molecule has 0 spiro atoms. The molecule has 104 valence electrons. The van der Waals surface area contributed by atoms with E-state index in [1.165, 1.54) is 16.6 Å². The number of fused-ring (bicyclic) bond motifs is 1. The zero-order valence-electron chi connectivity index (χ0n) is 12.0. The summed E-state index contributed by atoms with van der Waals surface area (Å²) in [7, 11) is 0. The molecule has 1 aromatic heterocycles. The maximum absolute atomic E-state index is 9.15. The lowest BCUT2D eigenvalue weighted by Crippen LogP contribution is -2.40. The van der Waals surface area contributed by atoms with Crippen LogP contribution < -0.4 is 5.73 Å². The van der Waals surface area contributed by atoms with Gasteiger partial charge in [0.2, 0.25) is 0 Å². The van der Waals surface area contributed by atoms with Crippen LogP contribution in [-0.2, 0) is 6.54 Å². The molecule has 2 rings (SSSR count).